The highest BCUT2D eigenvalue weighted by Crippen LogP contribution is 2.40. The zero-order valence-corrected chi connectivity index (χ0v) is 5.85. The predicted molar refractivity (Wildman–Crippen MR) is 36.5 cm³/mol. The first kappa shape index (κ1) is 6.70. The predicted octanol–water partition coefficient (Wildman–Crippen LogP) is 2.12. The molecule has 1 aromatic rings. The largest absolute Gasteiger partial charge is 0.273 e. The first-order valence-electron chi connectivity index (χ1n) is 3.51. The third kappa shape index (κ3) is 0.914. The fourth-order valence-electron chi connectivity index (χ4n) is 1.41. The molecule has 11 heavy (non-hydrogen) atoms. The zero-order chi connectivity index (χ0) is 7.90. The highest BCUT2D eigenvalue weighted by Gasteiger charge is 2.38. The molecule has 0 saturated carbocycles. The fourth-order valence-corrected chi connectivity index (χ4v) is 1.41. The zero-order valence-electron chi connectivity index (χ0n) is 5.85. The second kappa shape index (κ2) is 2.00. The van der Waals surface area contributed by atoms with Crippen LogP contribution in [0.25, 0.3) is 0 Å². The SMILES string of the molecule is FC1(F)CCc2cnccc21. The molecule has 0 unspecified atom stereocenters. The van der Waals surface area contributed by atoms with Crippen molar-refractivity contribution in [2.45, 2.75) is 18.8 Å². The summed E-state index contributed by atoms with van der Waals surface area (Å²) in [5.74, 6) is -2.61. The molecular formula is C8H7F2N. The Balaban J connectivity index is 2.56. The normalized spacial score (nSPS) is 19.8. The average molecular weight is 155 g/mol. The molecule has 0 atom stereocenters. The van der Waals surface area contributed by atoms with Crippen LogP contribution in [-0.2, 0) is 12.3 Å². The third-order valence-electron chi connectivity index (χ3n) is 2.01. The van der Waals surface area contributed by atoms with E-state index >= 15 is 0 Å². The highest BCUT2D eigenvalue weighted by molar-refractivity contribution is 5.32. The Morgan fingerprint density at radius 3 is 3.00 bits per heavy atom. The summed E-state index contributed by atoms with van der Waals surface area (Å²) in [5, 5.41) is 0. The number of aryl methyl sites for hydroxylation is 1. The van der Waals surface area contributed by atoms with Crippen LogP contribution in [0, 0.1) is 0 Å². The van der Waals surface area contributed by atoms with E-state index in [4.69, 9.17) is 0 Å². The van der Waals surface area contributed by atoms with E-state index in [1.165, 1.54) is 18.5 Å². The van der Waals surface area contributed by atoms with E-state index in [2.05, 4.69) is 4.98 Å². The molecule has 1 nitrogen and oxygen atoms in total. The molecule has 0 spiro atoms. The van der Waals surface area contributed by atoms with E-state index in [0.29, 0.717) is 12.0 Å². The minimum Gasteiger partial charge on any atom is -0.264 e. The summed E-state index contributed by atoms with van der Waals surface area (Å²) in [6, 6.07) is 1.41. The van der Waals surface area contributed by atoms with Gasteiger partial charge in [-0.25, -0.2) is 8.78 Å². The Hall–Kier alpha value is -0.990. The molecule has 0 amide bonds. The molecule has 1 aliphatic carbocycles. The van der Waals surface area contributed by atoms with Crippen LogP contribution in [0.3, 0.4) is 0 Å². The standard InChI is InChI=1S/C8H7F2N/c9-8(10)3-1-6-5-11-4-2-7(6)8/h2,4-5H,1,3H2. The monoisotopic (exact) mass is 155 g/mol. The topological polar surface area (TPSA) is 12.9 Å². The number of hydrogen-bond donors (Lipinski definition) is 0. The van der Waals surface area contributed by atoms with Crippen LogP contribution >= 0.6 is 0 Å². The lowest BCUT2D eigenvalue weighted by Crippen LogP contribution is -2.06. The lowest BCUT2D eigenvalue weighted by molar-refractivity contribution is -0.00186. The van der Waals surface area contributed by atoms with Gasteiger partial charge in [-0.1, -0.05) is 0 Å². The Morgan fingerprint density at radius 1 is 1.45 bits per heavy atom. The van der Waals surface area contributed by atoms with Gasteiger partial charge in [-0.15, -0.1) is 0 Å². The number of halogens is 2. The maximum absolute atomic E-state index is 12.9. The van der Waals surface area contributed by atoms with Gasteiger partial charge in [0, 0.05) is 24.4 Å². The summed E-state index contributed by atoms with van der Waals surface area (Å²) in [6.07, 6.45) is 3.33. The number of aromatic nitrogens is 1. The Kier molecular flexibility index (Phi) is 1.22. The van der Waals surface area contributed by atoms with Gasteiger partial charge in [0.15, 0.2) is 0 Å². The van der Waals surface area contributed by atoms with E-state index in [0.717, 1.165) is 0 Å². The van der Waals surface area contributed by atoms with Gasteiger partial charge in [0.1, 0.15) is 0 Å². The van der Waals surface area contributed by atoms with Crippen LogP contribution in [0.4, 0.5) is 8.78 Å². The first-order valence-corrected chi connectivity index (χ1v) is 3.51. The summed E-state index contributed by atoms with van der Waals surface area (Å²) in [6.45, 7) is 0. The Morgan fingerprint density at radius 2 is 2.27 bits per heavy atom. The smallest absolute Gasteiger partial charge is 0.264 e. The molecule has 0 saturated heterocycles. The minimum absolute atomic E-state index is 0.0615. The molecule has 3 heteroatoms. The average Bonchev–Trinajstić information content (AvgIpc) is 2.29. The fraction of sp³-hybridized carbons (Fsp3) is 0.375. The molecule has 0 fully saturated rings. The maximum Gasteiger partial charge on any atom is 0.273 e. The molecule has 0 bridgehead atoms. The second-order valence-corrected chi connectivity index (χ2v) is 2.74. The van der Waals surface area contributed by atoms with E-state index in [9.17, 15) is 8.78 Å². The number of nitrogens with zero attached hydrogens (tertiary/aromatic N) is 1. The van der Waals surface area contributed by atoms with Crippen molar-refractivity contribution in [3.63, 3.8) is 0 Å². The van der Waals surface area contributed by atoms with Crippen molar-refractivity contribution in [3.8, 4) is 0 Å². The van der Waals surface area contributed by atoms with Gasteiger partial charge in [-0.3, -0.25) is 4.98 Å². The van der Waals surface area contributed by atoms with Crippen molar-refractivity contribution in [2.75, 3.05) is 0 Å². The van der Waals surface area contributed by atoms with E-state index in [1.807, 2.05) is 0 Å². The summed E-state index contributed by atoms with van der Waals surface area (Å²) in [5.41, 5.74) is 0.852. The summed E-state index contributed by atoms with van der Waals surface area (Å²) >= 11 is 0. The van der Waals surface area contributed by atoms with E-state index in [-0.39, 0.29) is 12.0 Å². The van der Waals surface area contributed by atoms with Crippen molar-refractivity contribution >= 4 is 0 Å². The molecule has 1 aliphatic rings. The van der Waals surface area contributed by atoms with Gasteiger partial charge >= 0.3 is 0 Å². The first-order chi connectivity index (χ1) is 5.20. The Labute approximate surface area is 63.1 Å². The Bertz CT molecular complexity index is 283. The van der Waals surface area contributed by atoms with Crippen molar-refractivity contribution in [1.82, 2.24) is 4.98 Å². The maximum atomic E-state index is 12.9. The van der Waals surface area contributed by atoms with Gasteiger partial charge in [-0.05, 0) is 18.1 Å². The molecule has 0 radical (unpaired) electrons. The molecule has 0 aromatic carbocycles. The van der Waals surface area contributed by atoms with E-state index in [1.54, 1.807) is 0 Å². The summed E-state index contributed by atoms with van der Waals surface area (Å²) in [7, 11) is 0. The molecule has 1 aromatic heterocycles. The van der Waals surface area contributed by atoms with Gasteiger partial charge in [-0.2, -0.15) is 0 Å². The third-order valence-corrected chi connectivity index (χ3v) is 2.01. The van der Waals surface area contributed by atoms with Crippen molar-refractivity contribution in [2.24, 2.45) is 0 Å². The number of hydrogen-bond acceptors (Lipinski definition) is 1. The lowest BCUT2D eigenvalue weighted by atomic mass is 10.1. The molecular weight excluding hydrogens is 148 g/mol. The van der Waals surface area contributed by atoms with Crippen molar-refractivity contribution in [3.05, 3.63) is 29.6 Å². The van der Waals surface area contributed by atoms with Crippen LogP contribution in [0.2, 0.25) is 0 Å². The van der Waals surface area contributed by atoms with E-state index < -0.39 is 5.92 Å². The number of rotatable bonds is 0. The molecule has 2 rings (SSSR count). The summed E-state index contributed by atoms with van der Waals surface area (Å²) < 4.78 is 25.8. The molecule has 1 heterocycles. The van der Waals surface area contributed by atoms with Crippen molar-refractivity contribution in [1.29, 1.82) is 0 Å². The number of alkyl halides is 2. The lowest BCUT2D eigenvalue weighted by Gasteiger charge is -2.07. The van der Waals surface area contributed by atoms with Crippen LogP contribution in [-0.4, -0.2) is 4.98 Å². The quantitative estimate of drug-likeness (QED) is 0.559. The van der Waals surface area contributed by atoms with Gasteiger partial charge < -0.3 is 0 Å². The number of pyridine rings is 1. The van der Waals surface area contributed by atoms with Crippen LogP contribution < -0.4 is 0 Å². The summed E-state index contributed by atoms with van der Waals surface area (Å²) in [4.78, 5) is 3.79. The van der Waals surface area contributed by atoms with Gasteiger partial charge in [0.25, 0.3) is 5.92 Å². The van der Waals surface area contributed by atoms with Crippen LogP contribution in [0.1, 0.15) is 17.5 Å². The molecule has 0 aliphatic heterocycles. The molecule has 0 N–H and O–H groups in total. The second-order valence-electron chi connectivity index (χ2n) is 2.74. The van der Waals surface area contributed by atoms with Gasteiger partial charge in [0.2, 0.25) is 0 Å². The minimum atomic E-state index is -2.61. The number of fused-ring (bicyclic) bond motifs is 1. The highest BCUT2D eigenvalue weighted by atomic mass is 19.3. The van der Waals surface area contributed by atoms with Crippen molar-refractivity contribution < 1.29 is 8.78 Å². The van der Waals surface area contributed by atoms with Crippen LogP contribution in [0.15, 0.2) is 18.5 Å². The van der Waals surface area contributed by atoms with Crippen LogP contribution in [0.5, 0.6) is 0 Å². The van der Waals surface area contributed by atoms with Gasteiger partial charge in [0.05, 0.1) is 0 Å². The molecule has 58 valence electrons.